The summed E-state index contributed by atoms with van der Waals surface area (Å²) < 4.78 is 2.00. The number of carbonyl (C=O) groups is 1. The van der Waals surface area contributed by atoms with Gasteiger partial charge in [0.1, 0.15) is 5.02 Å². The highest BCUT2D eigenvalue weighted by atomic mass is 35.5. The predicted octanol–water partition coefficient (Wildman–Crippen LogP) is 5.10. The molecule has 0 aliphatic rings. The van der Waals surface area contributed by atoms with Crippen molar-refractivity contribution in [2.45, 2.75) is 26.8 Å². The lowest BCUT2D eigenvalue weighted by atomic mass is 10.1. The van der Waals surface area contributed by atoms with E-state index in [2.05, 4.69) is 11.9 Å². The quantitative estimate of drug-likeness (QED) is 0.429. The second kappa shape index (κ2) is 8.50. The van der Waals surface area contributed by atoms with E-state index in [-0.39, 0.29) is 16.3 Å². The zero-order valence-corrected chi connectivity index (χ0v) is 17.0. The molecule has 0 radical (unpaired) electrons. The van der Waals surface area contributed by atoms with Crippen molar-refractivity contribution in [3.63, 3.8) is 0 Å². The minimum absolute atomic E-state index is 0.0130. The first kappa shape index (κ1) is 20.0. The number of thiazole rings is 1. The molecule has 3 aromatic rings. The first-order chi connectivity index (χ1) is 13.5. The number of nitro groups is 1. The van der Waals surface area contributed by atoms with E-state index >= 15 is 0 Å². The van der Waals surface area contributed by atoms with Gasteiger partial charge in [0, 0.05) is 23.1 Å². The Balaban J connectivity index is 2.12. The molecule has 0 N–H and O–H groups in total. The van der Waals surface area contributed by atoms with Gasteiger partial charge in [0.2, 0.25) is 0 Å². The van der Waals surface area contributed by atoms with Crippen molar-refractivity contribution in [2.24, 2.45) is 4.99 Å². The van der Waals surface area contributed by atoms with Crippen molar-refractivity contribution in [3.05, 3.63) is 78.9 Å². The minimum Gasteiger partial charge on any atom is -0.316 e. The van der Waals surface area contributed by atoms with Gasteiger partial charge in [0.05, 0.1) is 10.6 Å². The fourth-order valence-corrected chi connectivity index (χ4v) is 4.26. The van der Waals surface area contributed by atoms with Gasteiger partial charge in [0.15, 0.2) is 4.80 Å². The summed E-state index contributed by atoms with van der Waals surface area (Å²) in [7, 11) is 0. The topological polar surface area (TPSA) is 77.5 Å². The van der Waals surface area contributed by atoms with Crippen LogP contribution in [0.1, 0.15) is 29.1 Å². The normalized spacial score (nSPS) is 11.6. The Morgan fingerprint density at radius 3 is 2.54 bits per heavy atom. The molecular formula is C20H18ClN3O3S. The molecule has 6 nitrogen and oxygen atoms in total. The number of carbonyl (C=O) groups excluding carboxylic acids is 1. The number of nitrogens with zero attached hydrogens (tertiary/aromatic N) is 3. The van der Waals surface area contributed by atoms with Crippen LogP contribution in [-0.2, 0) is 13.0 Å². The molecule has 1 heterocycles. The highest BCUT2D eigenvalue weighted by molar-refractivity contribution is 7.09. The molecule has 0 spiro atoms. The van der Waals surface area contributed by atoms with Crippen LogP contribution in [0.25, 0.3) is 11.3 Å². The molecule has 3 rings (SSSR count). The molecule has 0 aliphatic carbocycles. The average Bonchev–Trinajstić information content (AvgIpc) is 3.05. The second-order valence-electron chi connectivity index (χ2n) is 5.96. The summed E-state index contributed by atoms with van der Waals surface area (Å²) in [5.41, 5.74) is 1.93. The zero-order valence-electron chi connectivity index (χ0n) is 15.4. The number of aromatic nitrogens is 1. The van der Waals surface area contributed by atoms with E-state index in [4.69, 9.17) is 11.6 Å². The number of halogens is 1. The summed E-state index contributed by atoms with van der Waals surface area (Å²) in [5.74, 6) is -0.537. The van der Waals surface area contributed by atoms with E-state index in [1.54, 1.807) is 0 Å². The first-order valence-electron chi connectivity index (χ1n) is 8.77. The molecule has 0 unspecified atom stereocenters. The Hall–Kier alpha value is -2.77. The molecule has 0 fully saturated rings. The molecule has 0 saturated carbocycles. The third-order valence-corrected chi connectivity index (χ3v) is 5.79. The number of aryl methyl sites for hydroxylation is 1. The first-order valence-corrected chi connectivity index (χ1v) is 9.96. The Morgan fingerprint density at radius 2 is 1.93 bits per heavy atom. The lowest BCUT2D eigenvalue weighted by molar-refractivity contribution is -0.384. The standard InChI is InChI=1S/C20H18ClN3O3S/c1-3-17-18(13-8-6-5-7-9-13)23(4-2)20(28-17)22-19(25)14-10-11-15(21)16(12-14)24(26)27/h5-12H,3-4H2,1-2H3. The summed E-state index contributed by atoms with van der Waals surface area (Å²) in [6, 6.07) is 13.9. The maximum atomic E-state index is 12.7. The molecule has 0 aliphatic heterocycles. The SMILES string of the molecule is CCc1sc(=NC(=O)c2ccc(Cl)c([N+](=O)[O-])c2)n(CC)c1-c1ccccc1. The van der Waals surface area contributed by atoms with E-state index in [0.29, 0.717) is 11.3 Å². The molecular weight excluding hydrogens is 398 g/mol. The van der Waals surface area contributed by atoms with Crippen molar-refractivity contribution in [1.29, 1.82) is 0 Å². The number of nitro benzene ring substituents is 1. The summed E-state index contributed by atoms with van der Waals surface area (Å²) in [6.45, 7) is 4.70. The summed E-state index contributed by atoms with van der Waals surface area (Å²) in [4.78, 5) is 29.1. The Kier molecular flexibility index (Phi) is 6.06. The molecule has 2 aromatic carbocycles. The van der Waals surface area contributed by atoms with Gasteiger partial charge in [-0.1, -0.05) is 48.9 Å². The lowest BCUT2D eigenvalue weighted by Gasteiger charge is -2.08. The third-order valence-electron chi connectivity index (χ3n) is 4.25. The fraction of sp³-hybridized carbons (Fsp3) is 0.200. The van der Waals surface area contributed by atoms with Crippen molar-refractivity contribution in [1.82, 2.24) is 4.57 Å². The van der Waals surface area contributed by atoms with E-state index in [0.717, 1.165) is 28.6 Å². The maximum absolute atomic E-state index is 12.7. The number of rotatable bonds is 5. The summed E-state index contributed by atoms with van der Waals surface area (Å²) in [6.07, 6.45) is 0.811. The van der Waals surface area contributed by atoms with Crippen LogP contribution in [-0.4, -0.2) is 15.4 Å². The average molecular weight is 416 g/mol. The minimum atomic E-state index is -0.612. The van der Waals surface area contributed by atoms with E-state index in [9.17, 15) is 14.9 Å². The Labute approximate surface area is 170 Å². The monoisotopic (exact) mass is 415 g/mol. The zero-order chi connectivity index (χ0) is 20.3. The van der Waals surface area contributed by atoms with Crippen LogP contribution in [0.3, 0.4) is 0 Å². The highest BCUT2D eigenvalue weighted by Crippen LogP contribution is 2.27. The number of benzene rings is 2. The number of amides is 1. The van der Waals surface area contributed by atoms with E-state index in [1.807, 2.05) is 41.8 Å². The van der Waals surface area contributed by atoms with Gasteiger partial charge in [-0.15, -0.1) is 11.3 Å². The van der Waals surface area contributed by atoms with Gasteiger partial charge in [-0.3, -0.25) is 14.9 Å². The van der Waals surface area contributed by atoms with Crippen LogP contribution >= 0.6 is 22.9 Å². The molecule has 144 valence electrons. The van der Waals surface area contributed by atoms with Crippen molar-refractivity contribution >= 4 is 34.5 Å². The Morgan fingerprint density at radius 1 is 1.21 bits per heavy atom. The van der Waals surface area contributed by atoms with Crippen LogP contribution in [0.15, 0.2) is 53.5 Å². The van der Waals surface area contributed by atoms with Crippen molar-refractivity contribution < 1.29 is 9.72 Å². The molecule has 0 atom stereocenters. The second-order valence-corrected chi connectivity index (χ2v) is 7.43. The summed E-state index contributed by atoms with van der Waals surface area (Å²) in [5, 5.41) is 11.1. The van der Waals surface area contributed by atoms with Gasteiger partial charge in [0.25, 0.3) is 11.6 Å². The van der Waals surface area contributed by atoms with Crippen molar-refractivity contribution in [3.8, 4) is 11.3 Å². The van der Waals surface area contributed by atoms with Crippen LogP contribution in [0, 0.1) is 10.1 Å². The Bertz CT molecular complexity index is 1100. The fourth-order valence-electron chi connectivity index (χ4n) is 2.93. The van der Waals surface area contributed by atoms with E-state index < -0.39 is 10.8 Å². The van der Waals surface area contributed by atoms with Crippen LogP contribution in [0.2, 0.25) is 5.02 Å². The smallest absolute Gasteiger partial charge is 0.288 e. The van der Waals surface area contributed by atoms with Gasteiger partial charge < -0.3 is 4.57 Å². The molecule has 28 heavy (non-hydrogen) atoms. The molecule has 1 amide bonds. The van der Waals surface area contributed by atoms with E-state index in [1.165, 1.54) is 23.5 Å². The largest absolute Gasteiger partial charge is 0.316 e. The molecule has 8 heteroatoms. The lowest BCUT2D eigenvalue weighted by Crippen LogP contribution is -2.17. The predicted molar refractivity (Wildman–Crippen MR) is 111 cm³/mol. The van der Waals surface area contributed by atoms with Crippen LogP contribution < -0.4 is 4.80 Å². The highest BCUT2D eigenvalue weighted by Gasteiger charge is 2.18. The summed E-state index contributed by atoms with van der Waals surface area (Å²) >= 11 is 7.29. The van der Waals surface area contributed by atoms with Gasteiger partial charge in [-0.2, -0.15) is 4.99 Å². The molecule has 0 bridgehead atoms. The van der Waals surface area contributed by atoms with Gasteiger partial charge >= 0.3 is 0 Å². The molecule has 1 aromatic heterocycles. The maximum Gasteiger partial charge on any atom is 0.288 e. The van der Waals surface area contributed by atoms with Crippen LogP contribution in [0.5, 0.6) is 0 Å². The third kappa shape index (κ3) is 3.90. The van der Waals surface area contributed by atoms with Gasteiger partial charge in [-0.05, 0) is 31.0 Å². The molecule has 0 saturated heterocycles. The van der Waals surface area contributed by atoms with Gasteiger partial charge in [-0.25, -0.2) is 0 Å². The van der Waals surface area contributed by atoms with Crippen molar-refractivity contribution in [2.75, 3.05) is 0 Å². The van der Waals surface area contributed by atoms with Crippen LogP contribution in [0.4, 0.5) is 5.69 Å². The number of hydrogen-bond acceptors (Lipinski definition) is 4. The number of hydrogen-bond donors (Lipinski definition) is 0.